The number of hydrogen-bond acceptors (Lipinski definition) is 3. The number of benzene rings is 1. The van der Waals surface area contributed by atoms with Crippen LogP contribution in [0.4, 0.5) is 0 Å². The van der Waals surface area contributed by atoms with Crippen molar-refractivity contribution < 1.29 is 14.3 Å². The minimum atomic E-state index is -0.364. The van der Waals surface area contributed by atoms with Gasteiger partial charge in [-0.1, -0.05) is 24.6 Å². The van der Waals surface area contributed by atoms with E-state index in [1.165, 1.54) is 4.90 Å². The highest BCUT2D eigenvalue weighted by atomic mass is 16.5. The van der Waals surface area contributed by atoms with Crippen LogP contribution in [0.3, 0.4) is 0 Å². The van der Waals surface area contributed by atoms with Gasteiger partial charge in [0.1, 0.15) is 6.54 Å². The summed E-state index contributed by atoms with van der Waals surface area (Å²) in [5.41, 5.74) is 1.70. The van der Waals surface area contributed by atoms with Gasteiger partial charge < -0.3 is 9.64 Å². The number of aryl methyl sites for hydroxylation is 1. The second kappa shape index (κ2) is 7.56. The fourth-order valence-electron chi connectivity index (χ4n) is 1.76. The van der Waals surface area contributed by atoms with Crippen LogP contribution < -0.4 is 0 Å². The average molecular weight is 263 g/mol. The molecule has 0 radical (unpaired) electrons. The van der Waals surface area contributed by atoms with Gasteiger partial charge in [0.25, 0.3) is 5.91 Å². The Hall–Kier alpha value is -1.84. The molecule has 1 amide bonds. The molecule has 0 spiro atoms. The molecule has 1 aromatic carbocycles. The van der Waals surface area contributed by atoms with Crippen molar-refractivity contribution in [3.63, 3.8) is 0 Å². The minimum Gasteiger partial charge on any atom is -0.465 e. The molecule has 0 fully saturated rings. The molecule has 0 aliphatic heterocycles. The molecule has 4 nitrogen and oxygen atoms in total. The standard InChI is InChI=1S/C15H21NO3/c1-4-10-16(11-14(17)19-5-2)15(18)13-8-6-12(3)7-9-13/h6-9H,4-5,10-11H2,1-3H3. The quantitative estimate of drug-likeness (QED) is 0.740. The van der Waals surface area contributed by atoms with Crippen LogP contribution >= 0.6 is 0 Å². The van der Waals surface area contributed by atoms with Gasteiger partial charge in [-0.2, -0.15) is 0 Å². The first-order chi connectivity index (χ1) is 9.08. The van der Waals surface area contributed by atoms with Crippen molar-refractivity contribution in [1.82, 2.24) is 4.90 Å². The highest BCUT2D eigenvalue weighted by molar-refractivity contribution is 5.96. The molecule has 0 heterocycles. The Balaban J connectivity index is 2.77. The third-order valence-corrected chi connectivity index (χ3v) is 2.70. The van der Waals surface area contributed by atoms with Crippen molar-refractivity contribution >= 4 is 11.9 Å². The van der Waals surface area contributed by atoms with Crippen LogP contribution in [0.15, 0.2) is 24.3 Å². The van der Waals surface area contributed by atoms with Crippen LogP contribution in [0.1, 0.15) is 36.2 Å². The van der Waals surface area contributed by atoms with E-state index in [9.17, 15) is 9.59 Å². The Bertz CT molecular complexity index is 426. The zero-order valence-electron chi connectivity index (χ0n) is 11.8. The first-order valence-electron chi connectivity index (χ1n) is 6.60. The van der Waals surface area contributed by atoms with Crippen LogP contribution in [-0.2, 0) is 9.53 Å². The number of carbonyl (C=O) groups is 2. The van der Waals surface area contributed by atoms with E-state index < -0.39 is 0 Å². The van der Waals surface area contributed by atoms with E-state index in [1.54, 1.807) is 19.1 Å². The van der Waals surface area contributed by atoms with Gasteiger partial charge in [-0.15, -0.1) is 0 Å². The van der Waals surface area contributed by atoms with Gasteiger partial charge in [0.15, 0.2) is 0 Å². The van der Waals surface area contributed by atoms with Crippen molar-refractivity contribution in [1.29, 1.82) is 0 Å². The molecule has 0 saturated heterocycles. The van der Waals surface area contributed by atoms with E-state index in [1.807, 2.05) is 26.0 Å². The molecular formula is C15H21NO3. The number of esters is 1. The summed E-state index contributed by atoms with van der Waals surface area (Å²) in [6, 6.07) is 7.35. The molecule has 0 N–H and O–H groups in total. The Morgan fingerprint density at radius 1 is 1.16 bits per heavy atom. The Morgan fingerprint density at radius 2 is 1.79 bits per heavy atom. The number of carbonyl (C=O) groups excluding carboxylic acids is 2. The van der Waals surface area contributed by atoms with Crippen LogP contribution in [0.5, 0.6) is 0 Å². The summed E-state index contributed by atoms with van der Waals surface area (Å²) in [5.74, 6) is -0.494. The van der Waals surface area contributed by atoms with Gasteiger partial charge in [-0.05, 0) is 32.4 Å². The summed E-state index contributed by atoms with van der Waals surface area (Å²) in [6.45, 7) is 6.58. The van der Waals surface area contributed by atoms with Crippen molar-refractivity contribution in [3.8, 4) is 0 Å². The number of hydrogen-bond donors (Lipinski definition) is 0. The lowest BCUT2D eigenvalue weighted by molar-refractivity contribution is -0.143. The third kappa shape index (κ3) is 4.73. The predicted molar refractivity (Wildman–Crippen MR) is 74.0 cm³/mol. The number of amides is 1. The van der Waals surface area contributed by atoms with E-state index in [0.717, 1.165) is 12.0 Å². The second-order valence-corrected chi connectivity index (χ2v) is 4.40. The summed E-state index contributed by atoms with van der Waals surface area (Å²) < 4.78 is 4.89. The fourth-order valence-corrected chi connectivity index (χ4v) is 1.76. The minimum absolute atomic E-state index is 0.00832. The zero-order valence-corrected chi connectivity index (χ0v) is 11.8. The molecule has 1 aromatic rings. The molecule has 19 heavy (non-hydrogen) atoms. The normalized spacial score (nSPS) is 10.1. The summed E-state index contributed by atoms with van der Waals surface area (Å²) >= 11 is 0. The van der Waals surface area contributed by atoms with Crippen LogP contribution in [0.2, 0.25) is 0 Å². The molecule has 0 aliphatic carbocycles. The third-order valence-electron chi connectivity index (χ3n) is 2.70. The number of nitrogens with zero attached hydrogens (tertiary/aromatic N) is 1. The summed E-state index contributed by atoms with van der Waals surface area (Å²) in [6.07, 6.45) is 0.803. The summed E-state index contributed by atoms with van der Waals surface area (Å²) in [5, 5.41) is 0. The molecule has 0 unspecified atom stereocenters. The summed E-state index contributed by atoms with van der Waals surface area (Å²) in [4.78, 5) is 25.3. The highest BCUT2D eigenvalue weighted by Crippen LogP contribution is 2.08. The van der Waals surface area contributed by atoms with E-state index in [0.29, 0.717) is 18.7 Å². The molecule has 0 aliphatic rings. The molecule has 1 rings (SSSR count). The topological polar surface area (TPSA) is 46.6 Å². The number of ether oxygens (including phenoxy) is 1. The Labute approximate surface area is 114 Å². The highest BCUT2D eigenvalue weighted by Gasteiger charge is 2.18. The van der Waals surface area contributed by atoms with Gasteiger partial charge in [-0.25, -0.2) is 0 Å². The molecular weight excluding hydrogens is 242 g/mol. The van der Waals surface area contributed by atoms with E-state index in [2.05, 4.69) is 0 Å². The SMILES string of the molecule is CCCN(CC(=O)OCC)C(=O)c1ccc(C)cc1. The van der Waals surface area contributed by atoms with E-state index in [-0.39, 0.29) is 18.4 Å². The van der Waals surface area contributed by atoms with Crippen molar-refractivity contribution in [2.45, 2.75) is 27.2 Å². The van der Waals surface area contributed by atoms with Gasteiger partial charge in [0, 0.05) is 12.1 Å². The van der Waals surface area contributed by atoms with Gasteiger partial charge in [-0.3, -0.25) is 9.59 Å². The maximum atomic E-state index is 12.3. The zero-order chi connectivity index (χ0) is 14.3. The lowest BCUT2D eigenvalue weighted by Crippen LogP contribution is -2.37. The maximum absolute atomic E-state index is 12.3. The first kappa shape index (κ1) is 15.2. The maximum Gasteiger partial charge on any atom is 0.325 e. The smallest absolute Gasteiger partial charge is 0.325 e. The van der Waals surface area contributed by atoms with Crippen LogP contribution in [-0.4, -0.2) is 36.5 Å². The van der Waals surface area contributed by atoms with Gasteiger partial charge in [0.2, 0.25) is 0 Å². The summed E-state index contributed by atoms with van der Waals surface area (Å²) in [7, 11) is 0. The van der Waals surface area contributed by atoms with Crippen molar-refractivity contribution in [3.05, 3.63) is 35.4 Å². The van der Waals surface area contributed by atoms with E-state index in [4.69, 9.17) is 4.74 Å². The van der Waals surface area contributed by atoms with E-state index >= 15 is 0 Å². The average Bonchev–Trinajstić information content (AvgIpc) is 2.38. The molecule has 0 atom stereocenters. The molecule has 0 bridgehead atoms. The fraction of sp³-hybridized carbons (Fsp3) is 0.467. The van der Waals surface area contributed by atoms with Crippen molar-refractivity contribution in [2.75, 3.05) is 19.7 Å². The Morgan fingerprint density at radius 3 is 2.32 bits per heavy atom. The Kier molecular flexibility index (Phi) is 6.06. The monoisotopic (exact) mass is 263 g/mol. The molecule has 0 aromatic heterocycles. The first-order valence-corrected chi connectivity index (χ1v) is 6.60. The second-order valence-electron chi connectivity index (χ2n) is 4.40. The lowest BCUT2D eigenvalue weighted by Gasteiger charge is -2.21. The van der Waals surface area contributed by atoms with Crippen LogP contribution in [0.25, 0.3) is 0 Å². The van der Waals surface area contributed by atoms with Gasteiger partial charge >= 0.3 is 5.97 Å². The lowest BCUT2D eigenvalue weighted by atomic mass is 10.1. The van der Waals surface area contributed by atoms with Gasteiger partial charge in [0.05, 0.1) is 6.61 Å². The largest absolute Gasteiger partial charge is 0.465 e. The molecule has 4 heteroatoms. The predicted octanol–water partition coefficient (Wildman–Crippen LogP) is 2.41. The van der Waals surface area contributed by atoms with Crippen LogP contribution in [0, 0.1) is 6.92 Å². The molecule has 0 saturated carbocycles. The van der Waals surface area contributed by atoms with Crippen molar-refractivity contribution in [2.24, 2.45) is 0 Å². The molecule has 104 valence electrons. The number of rotatable bonds is 6.